The summed E-state index contributed by atoms with van der Waals surface area (Å²) < 4.78 is 0. The van der Waals surface area contributed by atoms with Crippen LogP contribution in [0.1, 0.15) is 104 Å². The molecule has 0 radical (unpaired) electrons. The van der Waals surface area contributed by atoms with Crippen molar-refractivity contribution in [2.24, 2.45) is 0 Å². The van der Waals surface area contributed by atoms with E-state index in [1.165, 1.54) is 90.3 Å². The molecule has 1 aromatic carbocycles. The normalized spacial score (nSPS) is 10.8. The second-order valence-corrected chi connectivity index (χ2v) is 9.58. The number of nitro groups is 1. The zero-order chi connectivity index (χ0) is 26.7. The van der Waals surface area contributed by atoms with Crippen LogP contribution in [0, 0.1) is 10.1 Å². The van der Waals surface area contributed by atoms with E-state index in [0.29, 0.717) is 17.9 Å². The number of hydrogen-bond donors (Lipinski definition) is 3. The number of hydrogen-bond acceptors (Lipinski definition) is 7. The summed E-state index contributed by atoms with van der Waals surface area (Å²) in [5.41, 5.74) is 1.08. The first-order valence-electron chi connectivity index (χ1n) is 13.9. The predicted octanol–water partition coefficient (Wildman–Crippen LogP) is 7.98. The molecule has 1 amide bonds. The van der Waals surface area contributed by atoms with Crippen LogP contribution in [0.4, 0.5) is 28.7 Å². The molecule has 2 aromatic rings. The lowest BCUT2D eigenvalue weighted by molar-refractivity contribution is -0.383. The molecule has 37 heavy (non-hydrogen) atoms. The van der Waals surface area contributed by atoms with Gasteiger partial charge in [-0.1, -0.05) is 90.4 Å². The van der Waals surface area contributed by atoms with Gasteiger partial charge in [0, 0.05) is 24.8 Å². The monoisotopic (exact) mass is 512 g/mol. The fourth-order valence-corrected chi connectivity index (χ4v) is 4.28. The number of carbonyl (C=O) groups is 1. The van der Waals surface area contributed by atoms with Crippen LogP contribution in [-0.2, 0) is 4.79 Å². The van der Waals surface area contributed by atoms with Crippen LogP contribution in [0.15, 0.2) is 30.6 Å². The van der Waals surface area contributed by atoms with E-state index >= 15 is 0 Å². The summed E-state index contributed by atoms with van der Waals surface area (Å²) in [5.74, 6) is 0.171. The van der Waals surface area contributed by atoms with Crippen LogP contribution in [0.25, 0.3) is 0 Å². The van der Waals surface area contributed by atoms with Gasteiger partial charge in [-0.3, -0.25) is 14.9 Å². The van der Waals surface area contributed by atoms with E-state index in [9.17, 15) is 14.9 Å². The van der Waals surface area contributed by atoms with Gasteiger partial charge in [-0.05, 0) is 30.7 Å². The molecule has 0 spiro atoms. The number of nitrogens with zero attached hydrogens (tertiary/aromatic N) is 3. The van der Waals surface area contributed by atoms with Crippen molar-refractivity contribution < 1.29 is 9.72 Å². The second-order valence-electron chi connectivity index (χ2n) is 9.58. The van der Waals surface area contributed by atoms with Gasteiger partial charge >= 0.3 is 5.69 Å². The fraction of sp³-hybridized carbons (Fsp3) is 0.607. The van der Waals surface area contributed by atoms with Gasteiger partial charge in [0.2, 0.25) is 17.5 Å². The highest BCUT2D eigenvalue weighted by molar-refractivity contribution is 5.89. The third-order valence-electron chi connectivity index (χ3n) is 6.30. The van der Waals surface area contributed by atoms with E-state index in [4.69, 9.17) is 0 Å². The average Bonchev–Trinajstić information content (AvgIpc) is 2.87. The molecule has 0 unspecified atom stereocenters. The van der Waals surface area contributed by atoms with Gasteiger partial charge < -0.3 is 16.0 Å². The summed E-state index contributed by atoms with van der Waals surface area (Å²) in [4.78, 5) is 30.6. The van der Waals surface area contributed by atoms with E-state index in [2.05, 4.69) is 32.8 Å². The van der Waals surface area contributed by atoms with Gasteiger partial charge in [0.15, 0.2) is 0 Å². The van der Waals surface area contributed by atoms with Crippen molar-refractivity contribution in [1.82, 2.24) is 9.97 Å². The van der Waals surface area contributed by atoms with Gasteiger partial charge in [-0.25, -0.2) is 9.97 Å². The van der Waals surface area contributed by atoms with Crippen molar-refractivity contribution in [3.05, 3.63) is 40.7 Å². The van der Waals surface area contributed by atoms with Crippen LogP contribution in [-0.4, -0.2) is 27.3 Å². The number of nitrogens with one attached hydrogen (secondary N) is 3. The molecule has 0 saturated heterocycles. The Hall–Kier alpha value is -3.23. The van der Waals surface area contributed by atoms with Crippen molar-refractivity contribution in [1.29, 1.82) is 0 Å². The maximum atomic E-state index is 11.8. The Morgan fingerprint density at radius 3 is 1.78 bits per heavy atom. The van der Waals surface area contributed by atoms with E-state index in [0.717, 1.165) is 12.8 Å². The summed E-state index contributed by atoms with van der Waals surface area (Å²) in [6, 6.07) is 6.87. The quantitative estimate of drug-likeness (QED) is 0.0933. The minimum Gasteiger partial charge on any atom is -0.364 e. The van der Waals surface area contributed by atoms with Crippen LogP contribution in [0.2, 0.25) is 0 Å². The first-order valence-corrected chi connectivity index (χ1v) is 13.9. The molecule has 1 aromatic heterocycles. The van der Waals surface area contributed by atoms with Gasteiger partial charge in [0.05, 0.1) is 4.92 Å². The Bertz CT molecular complexity index is 936. The summed E-state index contributed by atoms with van der Waals surface area (Å²) in [7, 11) is 0. The van der Waals surface area contributed by atoms with Gasteiger partial charge in [0.1, 0.15) is 6.33 Å². The zero-order valence-electron chi connectivity index (χ0n) is 22.6. The lowest BCUT2D eigenvalue weighted by Gasteiger charge is -2.11. The third-order valence-corrected chi connectivity index (χ3v) is 6.30. The van der Waals surface area contributed by atoms with Crippen molar-refractivity contribution >= 4 is 34.6 Å². The van der Waals surface area contributed by atoms with E-state index in [1.807, 2.05) is 0 Å². The zero-order valence-corrected chi connectivity index (χ0v) is 22.6. The maximum absolute atomic E-state index is 11.8. The van der Waals surface area contributed by atoms with Crippen molar-refractivity contribution in [2.45, 2.75) is 104 Å². The van der Waals surface area contributed by atoms with Crippen LogP contribution < -0.4 is 16.0 Å². The number of unbranched alkanes of at least 4 members (excludes halogenated alkanes) is 13. The minimum atomic E-state index is -0.471. The average molecular weight is 513 g/mol. The van der Waals surface area contributed by atoms with E-state index < -0.39 is 4.92 Å². The highest BCUT2D eigenvalue weighted by Gasteiger charge is 2.22. The molecule has 204 valence electrons. The first-order chi connectivity index (χ1) is 18.0. The molecule has 0 fully saturated rings. The molecule has 3 N–H and O–H groups in total. The van der Waals surface area contributed by atoms with Crippen molar-refractivity contribution in [3.63, 3.8) is 0 Å². The van der Waals surface area contributed by atoms with Crippen LogP contribution >= 0.6 is 0 Å². The summed E-state index contributed by atoms with van der Waals surface area (Å²) in [6.07, 6.45) is 19.4. The Morgan fingerprint density at radius 1 is 0.784 bits per heavy atom. The summed E-state index contributed by atoms with van der Waals surface area (Å²) in [5, 5.41) is 20.6. The molecule has 0 saturated carbocycles. The second kappa shape index (κ2) is 18.1. The van der Waals surface area contributed by atoms with Crippen molar-refractivity contribution in [3.8, 4) is 0 Å². The predicted molar refractivity (Wildman–Crippen MR) is 152 cm³/mol. The topological polar surface area (TPSA) is 122 Å². The molecule has 9 heteroatoms. The smallest absolute Gasteiger partial charge is 0.353 e. The Morgan fingerprint density at radius 2 is 1.27 bits per heavy atom. The molecule has 2 rings (SSSR count). The van der Waals surface area contributed by atoms with E-state index in [-0.39, 0.29) is 23.2 Å². The summed E-state index contributed by atoms with van der Waals surface area (Å²) >= 11 is 0. The van der Waals surface area contributed by atoms with Gasteiger partial charge in [-0.15, -0.1) is 0 Å². The number of rotatable bonds is 20. The molecule has 1 heterocycles. The van der Waals surface area contributed by atoms with Crippen molar-refractivity contribution in [2.75, 3.05) is 22.5 Å². The Balaban J connectivity index is 1.66. The summed E-state index contributed by atoms with van der Waals surface area (Å²) in [6.45, 7) is 4.32. The fourth-order valence-electron chi connectivity index (χ4n) is 4.28. The van der Waals surface area contributed by atoms with E-state index in [1.54, 1.807) is 24.3 Å². The number of aromatic nitrogens is 2. The van der Waals surface area contributed by atoms with Gasteiger partial charge in [-0.2, -0.15) is 0 Å². The highest BCUT2D eigenvalue weighted by Crippen LogP contribution is 2.31. The molecule has 9 nitrogen and oxygen atoms in total. The molecule has 0 bridgehead atoms. The third kappa shape index (κ3) is 12.5. The first kappa shape index (κ1) is 30.0. The number of benzene rings is 1. The molecule has 0 atom stereocenters. The maximum Gasteiger partial charge on any atom is 0.353 e. The molecule has 0 aliphatic carbocycles. The molecular weight excluding hydrogens is 468 g/mol. The molecule has 0 aliphatic heterocycles. The molecular formula is C28H44N6O3. The standard InChI is InChI=1S/C28H44N6O3/c1-3-4-5-6-7-8-9-10-11-12-13-14-15-16-21-29-27-26(34(36)37)28(31-22-30-27)33-25-19-17-24(18-20-25)32-23(2)35/h17-20,22H,3-16,21H2,1-2H3,(H,32,35)(H2,29,30,31,33). The largest absolute Gasteiger partial charge is 0.364 e. The molecule has 0 aliphatic rings. The number of amides is 1. The Kier molecular flexibility index (Phi) is 14.7. The van der Waals surface area contributed by atoms with Crippen LogP contribution in [0.5, 0.6) is 0 Å². The van der Waals surface area contributed by atoms with Gasteiger partial charge in [0.25, 0.3) is 0 Å². The van der Waals surface area contributed by atoms with Crippen LogP contribution in [0.3, 0.4) is 0 Å². The lowest BCUT2D eigenvalue weighted by atomic mass is 10.0. The Labute approximate surface area is 221 Å². The lowest BCUT2D eigenvalue weighted by Crippen LogP contribution is -2.09. The SMILES string of the molecule is CCCCCCCCCCCCCCCCNc1ncnc(Nc2ccc(NC(C)=O)cc2)c1[N+](=O)[O-]. The number of anilines is 4. The number of carbonyl (C=O) groups excluding carboxylic acids is 1. The highest BCUT2D eigenvalue weighted by atomic mass is 16.6. The minimum absolute atomic E-state index is 0.121.